The highest BCUT2D eigenvalue weighted by Gasteiger charge is 2.39. The Morgan fingerprint density at radius 2 is 2.10 bits per heavy atom. The quantitative estimate of drug-likeness (QED) is 0.911. The number of rotatable bonds is 2. The second-order valence-corrected chi connectivity index (χ2v) is 6.38. The molecule has 3 atom stereocenters. The molecule has 1 heterocycles. The molecule has 0 aromatic heterocycles. The Morgan fingerprint density at radius 1 is 1.33 bits per heavy atom. The number of hydrogen-bond donors (Lipinski definition) is 1. The second-order valence-electron chi connectivity index (χ2n) is 6.38. The molecule has 0 radical (unpaired) electrons. The van der Waals surface area contributed by atoms with Gasteiger partial charge in [-0.25, -0.2) is 8.78 Å². The molecule has 3 unspecified atom stereocenters. The van der Waals surface area contributed by atoms with E-state index in [2.05, 4.69) is 6.92 Å². The van der Waals surface area contributed by atoms with Gasteiger partial charge in [0.2, 0.25) is 5.91 Å². The lowest BCUT2D eigenvalue weighted by atomic mass is 9.82. The van der Waals surface area contributed by atoms with E-state index < -0.39 is 17.7 Å². The third kappa shape index (κ3) is 2.55. The SMILES string of the molecule is CC1CCCC(CN2C(=O)C(N)c3c(F)cc(F)cc32)C1. The van der Waals surface area contributed by atoms with Crippen molar-refractivity contribution < 1.29 is 13.6 Å². The summed E-state index contributed by atoms with van der Waals surface area (Å²) in [6, 6.07) is 0.995. The van der Waals surface area contributed by atoms with Gasteiger partial charge < -0.3 is 10.6 Å². The first-order valence-electron chi connectivity index (χ1n) is 7.53. The summed E-state index contributed by atoms with van der Waals surface area (Å²) in [5, 5.41) is 0. The lowest BCUT2D eigenvalue weighted by Crippen LogP contribution is -2.36. The third-order valence-electron chi connectivity index (χ3n) is 4.69. The Hall–Kier alpha value is -1.49. The van der Waals surface area contributed by atoms with Gasteiger partial charge in [-0.2, -0.15) is 0 Å². The molecular formula is C16H20F2N2O. The summed E-state index contributed by atoms with van der Waals surface area (Å²) in [7, 11) is 0. The van der Waals surface area contributed by atoms with Gasteiger partial charge in [0.1, 0.15) is 17.7 Å². The summed E-state index contributed by atoms with van der Waals surface area (Å²) in [6.45, 7) is 2.71. The van der Waals surface area contributed by atoms with Crippen molar-refractivity contribution in [1.82, 2.24) is 0 Å². The maximum absolute atomic E-state index is 13.9. The summed E-state index contributed by atoms with van der Waals surface area (Å²) in [5.41, 5.74) is 6.25. The first-order valence-corrected chi connectivity index (χ1v) is 7.53. The smallest absolute Gasteiger partial charge is 0.248 e. The van der Waals surface area contributed by atoms with Crippen LogP contribution in [0, 0.1) is 23.5 Å². The number of carbonyl (C=O) groups excluding carboxylic acids is 1. The van der Waals surface area contributed by atoms with E-state index in [1.165, 1.54) is 17.4 Å². The van der Waals surface area contributed by atoms with E-state index >= 15 is 0 Å². The van der Waals surface area contributed by atoms with Gasteiger partial charge in [-0.1, -0.05) is 19.8 Å². The minimum absolute atomic E-state index is 0.130. The normalized spacial score (nSPS) is 28.9. The van der Waals surface area contributed by atoms with Crippen LogP contribution in [0.15, 0.2) is 12.1 Å². The first-order chi connectivity index (χ1) is 9.97. The molecule has 2 N–H and O–H groups in total. The summed E-state index contributed by atoms with van der Waals surface area (Å²) < 4.78 is 27.4. The van der Waals surface area contributed by atoms with Gasteiger partial charge in [-0.3, -0.25) is 4.79 Å². The van der Waals surface area contributed by atoms with Crippen LogP contribution < -0.4 is 10.6 Å². The van der Waals surface area contributed by atoms with Crippen molar-refractivity contribution in [2.45, 2.75) is 38.6 Å². The van der Waals surface area contributed by atoms with Crippen LogP contribution in [0.3, 0.4) is 0 Å². The summed E-state index contributed by atoms with van der Waals surface area (Å²) >= 11 is 0. The zero-order valence-corrected chi connectivity index (χ0v) is 12.1. The molecule has 0 bridgehead atoms. The third-order valence-corrected chi connectivity index (χ3v) is 4.69. The van der Waals surface area contributed by atoms with Crippen LogP contribution in [0.2, 0.25) is 0 Å². The molecule has 3 nitrogen and oxygen atoms in total. The molecular weight excluding hydrogens is 274 g/mol. The first kappa shape index (κ1) is 14.4. The highest BCUT2D eigenvalue weighted by molar-refractivity contribution is 6.04. The van der Waals surface area contributed by atoms with Crippen LogP contribution in [0.4, 0.5) is 14.5 Å². The maximum atomic E-state index is 13.9. The fraction of sp³-hybridized carbons (Fsp3) is 0.562. The van der Waals surface area contributed by atoms with Crippen LogP contribution in [0.1, 0.15) is 44.2 Å². The number of hydrogen-bond acceptors (Lipinski definition) is 2. The molecule has 5 heteroatoms. The van der Waals surface area contributed by atoms with Gasteiger partial charge in [0, 0.05) is 18.2 Å². The minimum atomic E-state index is -1.01. The van der Waals surface area contributed by atoms with E-state index in [1.807, 2.05) is 0 Å². The lowest BCUT2D eigenvalue weighted by molar-refractivity contribution is -0.119. The van der Waals surface area contributed by atoms with Gasteiger partial charge in [-0.15, -0.1) is 0 Å². The van der Waals surface area contributed by atoms with E-state index in [0.29, 0.717) is 24.1 Å². The molecule has 21 heavy (non-hydrogen) atoms. The topological polar surface area (TPSA) is 46.3 Å². The zero-order valence-electron chi connectivity index (χ0n) is 12.1. The Balaban J connectivity index is 1.88. The minimum Gasteiger partial charge on any atom is -0.316 e. The van der Waals surface area contributed by atoms with Crippen LogP contribution in [-0.4, -0.2) is 12.5 Å². The summed E-state index contributed by atoms with van der Waals surface area (Å²) in [5.74, 6) is -0.714. The Bertz CT molecular complexity index is 576. The Labute approximate surface area is 123 Å². The van der Waals surface area contributed by atoms with Crippen LogP contribution in [0.25, 0.3) is 0 Å². The number of amides is 1. The molecule has 1 aliphatic carbocycles. The van der Waals surface area contributed by atoms with Crippen LogP contribution >= 0.6 is 0 Å². The van der Waals surface area contributed by atoms with Crippen LogP contribution in [-0.2, 0) is 4.79 Å². The van der Waals surface area contributed by atoms with E-state index in [9.17, 15) is 13.6 Å². The number of carbonyl (C=O) groups is 1. The maximum Gasteiger partial charge on any atom is 0.248 e. The van der Waals surface area contributed by atoms with Crippen molar-refractivity contribution >= 4 is 11.6 Å². The standard InChI is InChI=1S/C16H20F2N2O/c1-9-3-2-4-10(5-9)8-20-13-7-11(17)6-12(18)14(13)15(19)16(20)21/h6-7,9-10,15H,2-5,8,19H2,1H3. The van der Waals surface area contributed by atoms with Crippen molar-refractivity contribution in [3.63, 3.8) is 0 Å². The average Bonchev–Trinajstić information content (AvgIpc) is 2.64. The number of nitrogens with zero attached hydrogens (tertiary/aromatic N) is 1. The van der Waals surface area contributed by atoms with Crippen LogP contribution in [0.5, 0.6) is 0 Å². The number of anilines is 1. The number of halogens is 2. The predicted molar refractivity (Wildman–Crippen MR) is 76.8 cm³/mol. The summed E-state index contributed by atoms with van der Waals surface area (Å²) in [6.07, 6.45) is 4.46. The Kier molecular flexibility index (Phi) is 3.69. The van der Waals surface area contributed by atoms with Crippen molar-refractivity contribution in [1.29, 1.82) is 0 Å². The largest absolute Gasteiger partial charge is 0.316 e. The molecule has 1 aliphatic heterocycles. The molecule has 1 aromatic rings. The molecule has 0 saturated heterocycles. The predicted octanol–water partition coefficient (Wildman–Crippen LogP) is 3.14. The highest BCUT2D eigenvalue weighted by atomic mass is 19.1. The van der Waals surface area contributed by atoms with Crippen molar-refractivity contribution in [3.8, 4) is 0 Å². The fourth-order valence-corrected chi connectivity index (χ4v) is 3.68. The molecule has 1 fully saturated rings. The van der Waals surface area contributed by atoms with Gasteiger partial charge >= 0.3 is 0 Å². The average molecular weight is 294 g/mol. The highest BCUT2D eigenvalue weighted by Crippen LogP contribution is 2.39. The zero-order chi connectivity index (χ0) is 15.1. The lowest BCUT2D eigenvalue weighted by Gasteiger charge is -2.30. The van der Waals surface area contributed by atoms with Gasteiger partial charge in [0.05, 0.1) is 5.69 Å². The molecule has 0 spiro atoms. The van der Waals surface area contributed by atoms with Gasteiger partial charge in [-0.05, 0) is 30.7 Å². The number of fused-ring (bicyclic) bond motifs is 1. The van der Waals surface area contributed by atoms with E-state index in [1.54, 1.807) is 0 Å². The van der Waals surface area contributed by atoms with E-state index in [-0.39, 0.29) is 11.5 Å². The molecule has 3 rings (SSSR count). The number of nitrogens with two attached hydrogens (primary N) is 1. The van der Waals surface area contributed by atoms with Crippen molar-refractivity contribution in [3.05, 3.63) is 29.3 Å². The van der Waals surface area contributed by atoms with Crippen molar-refractivity contribution in [2.24, 2.45) is 17.6 Å². The molecule has 1 amide bonds. The monoisotopic (exact) mass is 294 g/mol. The summed E-state index contributed by atoms with van der Waals surface area (Å²) in [4.78, 5) is 13.8. The van der Waals surface area contributed by atoms with Crippen molar-refractivity contribution in [2.75, 3.05) is 11.4 Å². The second kappa shape index (κ2) is 5.37. The fourth-order valence-electron chi connectivity index (χ4n) is 3.68. The Morgan fingerprint density at radius 3 is 2.81 bits per heavy atom. The van der Waals surface area contributed by atoms with Gasteiger partial charge in [0.25, 0.3) is 0 Å². The molecule has 2 aliphatic rings. The van der Waals surface area contributed by atoms with E-state index in [4.69, 9.17) is 5.73 Å². The van der Waals surface area contributed by atoms with E-state index in [0.717, 1.165) is 25.3 Å². The molecule has 1 aromatic carbocycles. The molecule has 1 saturated carbocycles. The molecule has 114 valence electrons. The number of benzene rings is 1. The van der Waals surface area contributed by atoms with Gasteiger partial charge in [0.15, 0.2) is 0 Å².